The maximum Gasteiger partial charge on any atom is 0.310 e. The van der Waals surface area contributed by atoms with Gasteiger partial charge in [0.15, 0.2) is 0 Å². The first-order chi connectivity index (χ1) is 4.81. The Labute approximate surface area is 81.7 Å². The van der Waals surface area contributed by atoms with Crippen LogP contribution in [0, 0.1) is 0 Å². The van der Waals surface area contributed by atoms with Gasteiger partial charge in [0.1, 0.15) is 3.23 Å². The Morgan fingerprint density at radius 2 is 2.09 bits per heavy atom. The summed E-state index contributed by atoms with van der Waals surface area (Å²) < 4.78 is 3.79. The zero-order valence-corrected chi connectivity index (χ0v) is 9.27. The number of aliphatic hydroxyl groups excluding tert-OH is 1. The highest BCUT2D eigenvalue weighted by atomic mass is 79.9. The van der Waals surface area contributed by atoms with Crippen molar-refractivity contribution >= 4 is 37.8 Å². The molecule has 0 radical (unpaired) electrons. The zero-order chi connectivity index (χ0) is 9.07. The third-order valence-corrected chi connectivity index (χ3v) is 1.08. The number of hydrogen-bond donors (Lipinski definition) is 1. The minimum atomic E-state index is -0.556. The van der Waals surface area contributed by atoms with Crippen molar-refractivity contribution in [1.29, 1.82) is 0 Å². The lowest BCUT2D eigenvalue weighted by Crippen LogP contribution is -2.05. The molecular weight excluding hydrogens is 280 g/mol. The molecule has 0 aliphatic heterocycles. The van der Waals surface area contributed by atoms with Gasteiger partial charge in [0, 0.05) is 13.0 Å². The lowest BCUT2D eigenvalue weighted by molar-refractivity contribution is -0.140. The normalized spacial score (nSPS) is 12.9. The second-order valence-electron chi connectivity index (χ2n) is 2.03. The molecule has 0 aliphatic rings. The molecule has 0 rings (SSSR count). The van der Waals surface area contributed by atoms with Gasteiger partial charge < -0.3 is 9.84 Å². The van der Waals surface area contributed by atoms with Crippen molar-refractivity contribution in [3.05, 3.63) is 12.0 Å². The number of hydrogen-bond acceptors (Lipinski definition) is 3. The van der Waals surface area contributed by atoms with Gasteiger partial charge in [0.2, 0.25) is 0 Å². The Bertz CT molecular complexity index is 181. The largest absolute Gasteiger partial charge is 0.481 e. The number of carbonyl (C=O) groups is 1. The highest BCUT2D eigenvalue weighted by molar-refractivity contribution is 9.25. The van der Waals surface area contributed by atoms with Crippen LogP contribution < -0.4 is 0 Å². The fourth-order valence-electron chi connectivity index (χ4n) is 0.394. The smallest absolute Gasteiger partial charge is 0.310 e. The van der Waals surface area contributed by atoms with E-state index in [-0.39, 0.29) is 0 Å². The van der Waals surface area contributed by atoms with E-state index in [1.54, 1.807) is 6.92 Å². The summed E-state index contributed by atoms with van der Waals surface area (Å²) in [5, 5.41) is 8.91. The molecule has 11 heavy (non-hydrogen) atoms. The number of alkyl halides is 2. The predicted molar refractivity (Wildman–Crippen MR) is 48.7 cm³/mol. The zero-order valence-electron chi connectivity index (χ0n) is 6.10. The van der Waals surface area contributed by atoms with Crippen LogP contribution in [0.25, 0.3) is 0 Å². The summed E-state index contributed by atoms with van der Waals surface area (Å²) in [6.07, 6.45) is 1.31. The molecule has 0 unspecified atom stereocenters. The van der Waals surface area contributed by atoms with Crippen molar-refractivity contribution in [2.45, 2.75) is 17.1 Å². The van der Waals surface area contributed by atoms with Gasteiger partial charge in [-0.05, 0) is 6.92 Å². The minimum Gasteiger partial charge on any atom is -0.481 e. The maximum atomic E-state index is 10.3. The highest BCUT2D eigenvalue weighted by Crippen LogP contribution is 2.27. The number of rotatable bonds is 2. The van der Waals surface area contributed by atoms with Crippen LogP contribution in [0.3, 0.4) is 0 Å². The number of esters is 1. The molecule has 0 aromatic rings. The summed E-state index contributed by atoms with van der Waals surface area (Å²) in [4.78, 5) is 10.3. The second-order valence-corrected chi connectivity index (χ2v) is 6.39. The Hall–Kier alpha value is -0.0300. The second kappa shape index (κ2) is 4.11. The quantitative estimate of drug-likeness (QED) is 0.482. The van der Waals surface area contributed by atoms with E-state index in [0.717, 1.165) is 0 Å². The number of allylic oxidation sites excluding steroid dienone is 1. The fraction of sp³-hybridized carbons (Fsp3) is 0.500. The molecule has 0 saturated carbocycles. The van der Waals surface area contributed by atoms with Gasteiger partial charge in [-0.2, -0.15) is 0 Å². The maximum absolute atomic E-state index is 10.3. The first-order valence-electron chi connectivity index (χ1n) is 2.79. The van der Waals surface area contributed by atoms with Gasteiger partial charge >= 0.3 is 5.97 Å². The third kappa shape index (κ3) is 7.87. The van der Waals surface area contributed by atoms with Gasteiger partial charge in [0.25, 0.3) is 5.95 Å². The lowest BCUT2D eigenvalue weighted by Gasteiger charge is -2.07. The van der Waals surface area contributed by atoms with Crippen LogP contribution in [0.5, 0.6) is 0 Å². The van der Waals surface area contributed by atoms with E-state index in [1.165, 1.54) is 13.0 Å². The first-order valence-corrected chi connectivity index (χ1v) is 4.38. The van der Waals surface area contributed by atoms with Gasteiger partial charge in [-0.1, -0.05) is 31.9 Å². The number of halogens is 2. The van der Waals surface area contributed by atoms with Crippen LogP contribution in [0.15, 0.2) is 12.0 Å². The van der Waals surface area contributed by atoms with Crippen LogP contribution in [-0.4, -0.2) is 14.3 Å². The highest BCUT2D eigenvalue weighted by Gasteiger charge is 2.14. The average molecular weight is 288 g/mol. The summed E-state index contributed by atoms with van der Waals surface area (Å²) in [7, 11) is 0. The molecule has 0 saturated heterocycles. The minimum absolute atomic E-state index is 0.422. The van der Waals surface area contributed by atoms with Crippen LogP contribution in [0.1, 0.15) is 13.8 Å². The fourth-order valence-corrected chi connectivity index (χ4v) is 0.785. The molecular formula is C6H8Br2O3. The van der Waals surface area contributed by atoms with Crippen molar-refractivity contribution in [3.8, 4) is 0 Å². The van der Waals surface area contributed by atoms with E-state index in [4.69, 9.17) is 5.11 Å². The van der Waals surface area contributed by atoms with E-state index in [0.29, 0.717) is 0 Å². The predicted octanol–water partition coefficient (Wildman–Crippen LogP) is 2.45. The van der Waals surface area contributed by atoms with E-state index in [9.17, 15) is 4.79 Å². The molecule has 0 aliphatic carbocycles. The van der Waals surface area contributed by atoms with Crippen LogP contribution in [0.4, 0.5) is 0 Å². The van der Waals surface area contributed by atoms with E-state index < -0.39 is 15.1 Å². The molecule has 0 aromatic carbocycles. The molecule has 0 spiro atoms. The Kier molecular flexibility index (Phi) is 4.10. The molecule has 0 bridgehead atoms. The van der Waals surface area contributed by atoms with Crippen LogP contribution in [0.2, 0.25) is 0 Å². The first kappa shape index (κ1) is 11.0. The molecule has 64 valence electrons. The topological polar surface area (TPSA) is 46.5 Å². The molecule has 0 atom stereocenters. The van der Waals surface area contributed by atoms with E-state index >= 15 is 0 Å². The average Bonchev–Trinajstić information content (AvgIpc) is 1.53. The summed E-state index contributed by atoms with van der Waals surface area (Å²) in [6, 6.07) is 0. The van der Waals surface area contributed by atoms with Crippen molar-refractivity contribution in [2.75, 3.05) is 0 Å². The Morgan fingerprint density at radius 3 is 2.36 bits per heavy atom. The monoisotopic (exact) mass is 286 g/mol. The Morgan fingerprint density at radius 1 is 1.64 bits per heavy atom. The van der Waals surface area contributed by atoms with E-state index in [2.05, 4.69) is 36.6 Å². The van der Waals surface area contributed by atoms with Crippen LogP contribution >= 0.6 is 31.9 Å². The van der Waals surface area contributed by atoms with Gasteiger partial charge in [0.05, 0.1) is 0 Å². The summed E-state index contributed by atoms with van der Waals surface area (Å²) >= 11 is 6.32. The molecule has 0 amide bonds. The summed E-state index contributed by atoms with van der Waals surface area (Å²) in [6.45, 7) is 2.94. The van der Waals surface area contributed by atoms with Gasteiger partial charge in [-0.15, -0.1) is 0 Å². The third-order valence-electron chi connectivity index (χ3n) is 0.625. The van der Waals surface area contributed by atoms with Gasteiger partial charge in [-0.25, -0.2) is 0 Å². The molecule has 0 aromatic heterocycles. The van der Waals surface area contributed by atoms with Gasteiger partial charge in [-0.3, -0.25) is 4.79 Å². The molecule has 5 heteroatoms. The molecule has 0 fully saturated rings. The number of aliphatic hydroxyl groups is 1. The summed E-state index contributed by atoms with van der Waals surface area (Å²) in [5.41, 5.74) is 0. The van der Waals surface area contributed by atoms with Crippen molar-refractivity contribution in [3.63, 3.8) is 0 Å². The van der Waals surface area contributed by atoms with Crippen molar-refractivity contribution in [1.82, 2.24) is 0 Å². The molecule has 0 heterocycles. The van der Waals surface area contributed by atoms with E-state index in [1.807, 2.05) is 0 Å². The van der Waals surface area contributed by atoms with Crippen molar-refractivity contribution in [2.24, 2.45) is 0 Å². The number of ether oxygens (including phenoxy) is 1. The van der Waals surface area contributed by atoms with Crippen LogP contribution in [-0.2, 0) is 9.53 Å². The molecule has 3 nitrogen and oxygen atoms in total. The molecule has 1 N–H and O–H groups in total. The Balaban J connectivity index is 4.12. The number of carbonyl (C=O) groups excluding carboxylic acids is 1. The standard InChI is InChI=1S/C6H8Br2O3/c1-4(9)11-5(10)3-6(2,7)8/h3,10H,1-2H3. The lowest BCUT2D eigenvalue weighted by atomic mass is 10.5. The summed E-state index contributed by atoms with van der Waals surface area (Å²) in [5.74, 6) is -0.975. The van der Waals surface area contributed by atoms with Crippen molar-refractivity contribution < 1.29 is 14.6 Å². The SMILES string of the molecule is CC(=O)OC(O)=CC(C)(Br)Br.